The highest BCUT2D eigenvalue weighted by molar-refractivity contribution is 8.00. The standard InChI is InChI=1S/C22H26N2O3S/c1-15(25)16-5-7-17(8-6-16)24-21(27)14-28-19-11-9-18(10-12-19)23-20(26)13-22(2,3)4/h5-12H,13-14H2,1-4H3,(H,23,26)(H,24,27). The largest absolute Gasteiger partial charge is 0.326 e. The molecule has 28 heavy (non-hydrogen) atoms. The fourth-order valence-corrected chi connectivity index (χ4v) is 3.15. The first-order valence-corrected chi connectivity index (χ1v) is 10.0. The first-order valence-electron chi connectivity index (χ1n) is 9.06. The smallest absolute Gasteiger partial charge is 0.234 e. The van der Waals surface area contributed by atoms with Crippen molar-refractivity contribution in [1.29, 1.82) is 0 Å². The normalized spacial score (nSPS) is 11.0. The van der Waals surface area contributed by atoms with Gasteiger partial charge in [0, 0.05) is 28.3 Å². The molecule has 0 aliphatic carbocycles. The summed E-state index contributed by atoms with van der Waals surface area (Å²) in [6.07, 6.45) is 0.455. The minimum absolute atomic E-state index is 0.00789. The average Bonchev–Trinajstić information content (AvgIpc) is 2.60. The summed E-state index contributed by atoms with van der Waals surface area (Å²) < 4.78 is 0. The molecule has 0 radical (unpaired) electrons. The number of carbonyl (C=O) groups is 3. The number of rotatable bonds is 7. The second-order valence-electron chi connectivity index (χ2n) is 7.78. The van der Waals surface area contributed by atoms with Crippen LogP contribution in [0.25, 0.3) is 0 Å². The topological polar surface area (TPSA) is 75.3 Å². The number of anilines is 2. The molecule has 0 aliphatic rings. The number of amides is 2. The van der Waals surface area contributed by atoms with Gasteiger partial charge in [-0.3, -0.25) is 14.4 Å². The van der Waals surface area contributed by atoms with E-state index in [0.717, 1.165) is 10.6 Å². The molecule has 0 unspecified atom stereocenters. The Labute approximate surface area is 170 Å². The summed E-state index contributed by atoms with van der Waals surface area (Å²) in [5, 5.41) is 5.69. The zero-order valence-electron chi connectivity index (χ0n) is 16.7. The predicted molar refractivity (Wildman–Crippen MR) is 115 cm³/mol. The number of hydrogen-bond acceptors (Lipinski definition) is 4. The van der Waals surface area contributed by atoms with Gasteiger partial charge in [0.1, 0.15) is 0 Å². The molecule has 0 heterocycles. The van der Waals surface area contributed by atoms with Gasteiger partial charge in [0.15, 0.2) is 5.78 Å². The highest BCUT2D eigenvalue weighted by atomic mass is 32.2. The molecule has 2 aromatic carbocycles. The second kappa shape index (κ2) is 9.55. The van der Waals surface area contributed by atoms with Crippen LogP contribution in [0, 0.1) is 5.41 Å². The van der Waals surface area contributed by atoms with E-state index in [4.69, 9.17) is 0 Å². The summed E-state index contributed by atoms with van der Waals surface area (Å²) in [4.78, 5) is 36.3. The Morgan fingerprint density at radius 1 is 0.821 bits per heavy atom. The Bertz CT molecular complexity index is 838. The quantitative estimate of drug-likeness (QED) is 0.509. The SMILES string of the molecule is CC(=O)c1ccc(NC(=O)CSc2ccc(NC(=O)CC(C)(C)C)cc2)cc1. The van der Waals surface area contributed by atoms with Crippen molar-refractivity contribution >= 4 is 40.7 Å². The van der Waals surface area contributed by atoms with E-state index in [1.165, 1.54) is 18.7 Å². The number of ketones is 1. The van der Waals surface area contributed by atoms with E-state index in [0.29, 0.717) is 17.7 Å². The van der Waals surface area contributed by atoms with E-state index in [1.807, 2.05) is 45.0 Å². The highest BCUT2D eigenvalue weighted by Gasteiger charge is 2.15. The molecule has 0 atom stereocenters. The Morgan fingerprint density at radius 3 is 1.82 bits per heavy atom. The van der Waals surface area contributed by atoms with E-state index in [1.54, 1.807) is 24.3 Å². The number of Topliss-reactive ketones (excluding diaryl/α,β-unsaturated/α-hetero) is 1. The molecule has 5 nitrogen and oxygen atoms in total. The van der Waals surface area contributed by atoms with Crippen LogP contribution in [0.3, 0.4) is 0 Å². The van der Waals surface area contributed by atoms with E-state index in [-0.39, 0.29) is 28.8 Å². The maximum atomic E-state index is 12.1. The lowest BCUT2D eigenvalue weighted by Crippen LogP contribution is -2.19. The first kappa shape index (κ1) is 21.7. The van der Waals surface area contributed by atoms with Crippen molar-refractivity contribution in [3.8, 4) is 0 Å². The maximum Gasteiger partial charge on any atom is 0.234 e. The maximum absolute atomic E-state index is 12.1. The van der Waals surface area contributed by atoms with Crippen LogP contribution in [0.2, 0.25) is 0 Å². The van der Waals surface area contributed by atoms with Crippen molar-refractivity contribution in [3.05, 3.63) is 54.1 Å². The third-order valence-corrected chi connectivity index (χ3v) is 4.79. The minimum Gasteiger partial charge on any atom is -0.326 e. The Balaban J connectivity index is 1.81. The second-order valence-corrected chi connectivity index (χ2v) is 8.83. The zero-order valence-corrected chi connectivity index (χ0v) is 17.5. The number of carbonyl (C=O) groups excluding carboxylic acids is 3. The van der Waals surface area contributed by atoms with Gasteiger partial charge >= 0.3 is 0 Å². The molecular weight excluding hydrogens is 372 g/mol. The molecule has 0 bridgehead atoms. The van der Waals surface area contributed by atoms with Crippen molar-refractivity contribution in [2.75, 3.05) is 16.4 Å². The first-order chi connectivity index (χ1) is 13.1. The monoisotopic (exact) mass is 398 g/mol. The highest BCUT2D eigenvalue weighted by Crippen LogP contribution is 2.23. The zero-order chi connectivity index (χ0) is 20.7. The molecule has 2 aromatic rings. The molecule has 0 saturated carbocycles. The van der Waals surface area contributed by atoms with Crippen molar-refractivity contribution in [2.24, 2.45) is 5.41 Å². The summed E-state index contributed by atoms with van der Waals surface area (Å²) in [5.74, 6) is 0.127. The van der Waals surface area contributed by atoms with Gasteiger partial charge in [0.25, 0.3) is 0 Å². The van der Waals surface area contributed by atoms with Crippen molar-refractivity contribution in [3.63, 3.8) is 0 Å². The number of thioether (sulfide) groups is 1. The van der Waals surface area contributed by atoms with E-state index in [2.05, 4.69) is 10.6 Å². The Morgan fingerprint density at radius 2 is 1.32 bits per heavy atom. The molecule has 2 N–H and O–H groups in total. The van der Waals surface area contributed by atoms with E-state index in [9.17, 15) is 14.4 Å². The molecule has 0 aliphatic heterocycles. The number of nitrogens with one attached hydrogen (secondary N) is 2. The van der Waals surface area contributed by atoms with Crippen LogP contribution in [0.5, 0.6) is 0 Å². The van der Waals surface area contributed by atoms with Gasteiger partial charge in [-0.15, -0.1) is 11.8 Å². The molecule has 0 saturated heterocycles. The van der Waals surface area contributed by atoms with Crippen LogP contribution in [0.4, 0.5) is 11.4 Å². The summed E-state index contributed by atoms with van der Waals surface area (Å²) in [5.41, 5.74) is 1.96. The van der Waals surface area contributed by atoms with Crippen molar-refractivity contribution in [2.45, 2.75) is 39.0 Å². The lowest BCUT2D eigenvalue weighted by molar-refractivity contribution is -0.118. The predicted octanol–water partition coefficient (Wildman–Crippen LogP) is 4.99. The van der Waals surface area contributed by atoms with Gasteiger partial charge in [0.05, 0.1) is 5.75 Å². The molecule has 0 fully saturated rings. The van der Waals surface area contributed by atoms with Gasteiger partial charge < -0.3 is 10.6 Å². The van der Waals surface area contributed by atoms with Crippen molar-refractivity contribution < 1.29 is 14.4 Å². The van der Waals surface area contributed by atoms with Crippen LogP contribution in [0.1, 0.15) is 44.5 Å². The molecule has 148 valence electrons. The number of benzene rings is 2. The van der Waals surface area contributed by atoms with Crippen molar-refractivity contribution in [1.82, 2.24) is 0 Å². The molecule has 0 spiro atoms. The third kappa shape index (κ3) is 7.56. The molecule has 2 amide bonds. The minimum atomic E-state index is -0.122. The Hall–Kier alpha value is -2.60. The lowest BCUT2D eigenvalue weighted by Gasteiger charge is -2.17. The average molecular weight is 399 g/mol. The van der Waals surface area contributed by atoms with E-state index >= 15 is 0 Å². The van der Waals surface area contributed by atoms with Gasteiger partial charge in [-0.25, -0.2) is 0 Å². The van der Waals surface area contributed by atoms with Crippen LogP contribution >= 0.6 is 11.8 Å². The fourth-order valence-electron chi connectivity index (χ4n) is 2.46. The van der Waals surface area contributed by atoms with E-state index < -0.39 is 0 Å². The Kier molecular flexibility index (Phi) is 7.40. The summed E-state index contributed by atoms with van der Waals surface area (Å²) in [6, 6.07) is 14.2. The van der Waals surface area contributed by atoms with Crippen LogP contribution in [0.15, 0.2) is 53.4 Å². The summed E-state index contributed by atoms with van der Waals surface area (Å²) in [6.45, 7) is 7.57. The molecule has 0 aromatic heterocycles. The molecule has 2 rings (SSSR count). The summed E-state index contributed by atoms with van der Waals surface area (Å²) >= 11 is 1.41. The fraction of sp³-hybridized carbons (Fsp3) is 0.318. The van der Waals surface area contributed by atoms with Crippen LogP contribution in [-0.4, -0.2) is 23.4 Å². The number of hydrogen-bond donors (Lipinski definition) is 2. The summed E-state index contributed by atoms with van der Waals surface area (Å²) in [7, 11) is 0. The molecular formula is C22H26N2O3S. The van der Waals surface area contributed by atoms with Crippen LogP contribution in [-0.2, 0) is 9.59 Å². The third-order valence-electron chi connectivity index (χ3n) is 3.77. The van der Waals surface area contributed by atoms with Gasteiger partial charge in [-0.05, 0) is 60.9 Å². The van der Waals surface area contributed by atoms with Crippen LogP contribution < -0.4 is 10.6 Å². The lowest BCUT2D eigenvalue weighted by atomic mass is 9.92. The van der Waals surface area contributed by atoms with Gasteiger partial charge in [-0.1, -0.05) is 20.8 Å². The van der Waals surface area contributed by atoms with Gasteiger partial charge in [0.2, 0.25) is 11.8 Å². The molecule has 6 heteroatoms. The van der Waals surface area contributed by atoms with Gasteiger partial charge in [-0.2, -0.15) is 0 Å².